The molecule has 1 aliphatic heterocycles. The number of nitrogens with one attached hydrogen (secondary N) is 1. The van der Waals surface area contributed by atoms with E-state index in [0.29, 0.717) is 66.6 Å². The largest absolute Gasteiger partial charge is 0.469 e. The van der Waals surface area contributed by atoms with E-state index in [2.05, 4.69) is 54.8 Å². The van der Waals surface area contributed by atoms with Gasteiger partial charge in [-0.1, -0.05) is 225 Å². The Morgan fingerprint density at radius 3 is 0.981 bits per heavy atom. The smallest absolute Gasteiger partial charge is 0.305 e. The number of carbonyl (C=O) groups excluding carboxylic acids is 1. The van der Waals surface area contributed by atoms with Crippen LogP contribution in [0, 0.1) is 13.8 Å². The van der Waals surface area contributed by atoms with Crippen molar-refractivity contribution in [3.8, 4) is 0 Å². The molecule has 0 spiro atoms. The highest BCUT2D eigenvalue weighted by molar-refractivity contribution is 7.92. The lowest BCUT2D eigenvalue weighted by atomic mass is 10.0. The summed E-state index contributed by atoms with van der Waals surface area (Å²) in [5.74, 6) is 1.87. The molecule has 0 radical (unpaired) electrons. The molecule has 28 heteroatoms. The molecule has 0 saturated heterocycles. The van der Waals surface area contributed by atoms with Crippen molar-refractivity contribution in [3.63, 3.8) is 0 Å². The van der Waals surface area contributed by atoms with Crippen molar-refractivity contribution in [2.45, 2.75) is 382 Å². The van der Waals surface area contributed by atoms with E-state index in [1.807, 2.05) is 29.9 Å². The Labute approximate surface area is 640 Å². The predicted molar refractivity (Wildman–Crippen MR) is 425 cm³/mol. The molecule has 0 saturated carbocycles. The Morgan fingerprint density at radius 2 is 0.673 bits per heavy atom. The second-order valence-electron chi connectivity index (χ2n) is 29.1. The van der Waals surface area contributed by atoms with Crippen LogP contribution in [0.1, 0.15) is 330 Å². The number of sulfone groups is 3. The SMILES string of the molecule is CC1Nc2nc(Cl)nc(S(=O)(=O)C(C)C)c2N1CCCCCCCCCCCCCCCCO.COC(=O)CCCCCCCCCCCCCCCn1c(C)nc2nc(Cl)nc(S(=O)(=O)C(C)C)c21.Cc1nc2nc(Cl)nc(S(=O)(=O)C(C)C)c2n1CCCCCCCCCCCCCCCCO. The Morgan fingerprint density at radius 1 is 0.404 bits per heavy atom. The number of hydrogen-bond donors (Lipinski definition) is 3. The van der Waals surface area contributed by atoms with Crippen LogP contribution in [0.25, 0.3) is 22.3 Å². The van der Waals surface area contributed by atoms with Gasteiger partial charge in [0.1, 0.15) is 28.4 Å². The number of aromatic nitrogens is 10. The van der Waals surface area contributed by atoms with E-state index in [4.69, 9.17) is 45.0 Å². The second kappa shape index (κ2) is 50.6. The molecule has 0 amide bonds. The van der Waals surface area contributed by atoms with Crippen LogP contribution in [0.3, 0.4) is 0 Å². The van der Waals surface area contributed by atoms with E-state index in [0.717, 1.165) is 95.2 Å². The first-order chi connectivity index (χ1) is 49.7. The number of unbranched alkanes of at least 4 members (excludes halogenated alkanes) is 38. The number of esters is 1. The van der Waals surface area contributed by atoms with Crippen LogP contribution in [0.2, 0.25) is 15.9 Å². The van der Waals surface area contributed by atoms with Crippen LogP contribution in [0.4, 0.5) is 11.5 Å². The molecule has 104 heavy (non-hydrogen) atoms. The summed E-state index contributed by atoms with van der Waals surface area (Å²) < 4.78 is 85.8. The molecule has 6 rings (SSSR count). The van der Waals surface area contributed by atoms with E-state index in [9.17, 15) is 30.0 Å². The van der Waals surface area contributed by atoms with Crippen molar-refractivity contribution in [2.24, 2.45) is 0 Å². The van der Waals surface area contributed by atoms with Gasteiger partial charge < -0.3 is 34.3 Å². The van der Waals surface area contributed by atoms with E-state index in [-0.39, 0.29) is 43.1 Å². The zero-order valence-electron chi connectivity index (χ0n) is 65.0. The minimum atomic E-state index is -3.61. The van der Waals surface area contributed by atoms with Gasteiger partial charge in [-0.25, -0.2) is 50.2 Å². The molecule has 5 aromatic heterocycles. The van der Waals surface area contributed by atoms with Crippen molar-refractivity contribution >= 4 is 104 Å². The first-order valence-electron chi connectivity index (χ1n) is 39.7. The number of halogens is 3. The summed E-state index contributed by atoms with van der Waals surface area (Å²) in [4.78, 5) is 46.9. The minimum Gasteiger partial charge on any atom is -0.469 e. The van der Waals surface area contributed by atoms with Crippen LogP contribution in [0.15, 0.2) is 15.1 Å². The van der Waals surface area contributed by atoms with E-state index < -0.39 is 45.3 Å². The van der Waals surface area contributed by atoms with Gasteiger partial charge in [-0.05, 0) is 136 Å². The molecule has 1 atom stereocenters. The third kappa shape index (κ3) is 31.8. The Balaban J connectivity index is 0.000000330. The van der Waals surface area contributed by atoms with E-state index in [1.54, 1.807) is 41.5 Å². The summed E-state index contributed by atoms with van der Waals surface area (Å²) in [6, 6.07) is 0. The van der Waals surface area contributed by atoms with Crippen molar-refractivity contribution in [1.29, 1.82) is 0 Å². The van der Waals surface area contributed by atoms with Crippen molar-refractivity contribution in [3.05, 3.63) is 27.5 Å². The average molecular weight is 1580 g/mol. The fourth-order valence-electron chi connectivity index (χ4n) is 13.1. The third-order valence-electron chi connectivity index (χ3n) is 19.7. The number of nitrogens with zero attached hydrogens (tertiary/aromatic N) is 11. The minimum absolute atomic E-state index is 0.0109. The highest BCUT2D eigenvalue weighted by Gasteiger charge is 2.37. The van der Waals surface area contributed by atoms with Crippen LogP contribution in [-0.4, -0.2) is 139 Å². The lowest BCUT2D eigenvalue weighted by Crippen LogP contribution is -2.34. The number of carbonyl (C=O) groups is 1. The number of aliphatic hydroxyl groups is 2. The molecule has 0 aliphatic carbocycles. The normalized spacial score (nSPS) is 13.3. The molecule has 1 unspecified atom stereocenters. The molecular formula is C76H131Cl3N12O10S3. The number of ether oxygens (including phenoxy) is 1. The predicted octanol–water partition coefficient (Wildman–Crippen LogP) is 19.4. The van der Waals surface area contributed by atoms with Gasteiger partial charge in [0.05, 0.1) is 29.0 Å². The molecule has 1 aliphatic rings. The maximum Gasteiger partial charge on any atom is 0.305 e. The lowest BCUT2D eigenvalue weighted by molar-refractivity contribution is -0.140. The van der Waals surface area contributed by atoms with Gasteiger partial charge in [0, 0.05) is 39.3 Å². The number of anilines is 2. The lowest BCUT2D eigenvalue weighted by Gasteiger charge is -2.25. The number of imidazole rings is 2. The molecule has 3 N–H and O–H groups in total. The fraction of sp³-hybridized carbons (Fsp3) is 0.803. The van der Waals surface area contributed by atoms with E-state index >= 15 is 0 Å². The molecule has 0 bridgehead atoms. The van der Waals surface area contributed by atoms with Crippen molar-refractivity contribution in [2.75, 3.05) is 37.1 Å². The highest BCUT2D eigenvalue weighted by atomic mass is 35.5. The Kier molecular flexibility index (Phi) is 44.9. The quantitative estimate of drug-likeness (QED) is 0.0141. The highest BCUT2D eigenvalue weighted by Crippen LogP contribution is 2.40. The molecule has 6 heterocycles. The average Bonchev–Trinajstić information content (AvgIpc) is 1.56. The van der Waals surface area contributed by atoms with Crippen molar-refractivity contribution in [1.82, 2.24) is 49.0 Å². The number of fused-ring (bicyclic) bond motifs is 3. The standard InChI is InChI=1S/C26H43ClN4O4S.C25H45ClN4O3S.C25H43ClN4O3S/c1-20(2)36(33,34)25-23-24(29-26(27)30-25)28-21(3)31(23)19-17-15-13-11-9-7-5-6-8-10-12-14-16-18-22(32)35-4;2*1-20(2)34(32,33)24-22-23(28-25(26)29-24)27-21(3)30(22)18-16-14-12-10-8-6-4-5-7-9-11-13-15-17-19-31/h20H,5-19H2,1-4H3;20-21,31H,4-19H2,1-3H3,(H,27,28,29);20,31H,4-19H2,1-3H3. The van der Waals surface area contributed by atoms with Crippen LogP contribution < -0.4 is 10.2 Å². The molecule has 0 aromatic carbocycles. The number of aliphatic hydroxyl groups excluding tert-OH is 2. The van der Waals surface area contributed by atoms with Crippen LogP contribution in [0.5, 0.6) is 0 Å². The topological polar surface area (TPSA) is 297 Å². The Bertz CT molecular complexity index is 3620. The van der Waals surface area contributed by atoms with Crippen LogP contribution >= 0.6 is 34.8 Å². The second-order valence-corrected chi connectivity index (χ2v) is 37.4. The summed E-state index contributed by atoms with van der Waals surface area (Å²) in [7, 11) is -9.34. The zero-order valence-corrected chi connectivity index (χ0v) is 69.7. The molecule has 594 valence electrons. The van der Waals surface area contributed by atoms with Gasteiger partial charge in [0.25, 0.3) is 0 Å². The van der Waals surface area contributed by atoms with Gasteiger partial charge >= 0.3 is 5.97 Å². The molecular weight excluding hydrogens is 1440 g/mol. The van der Waals surface area contributed by atoms with Crippen molar-refractivity contribution < 1.29 is 45.0 Å². The first kappa shape index (κ1) is 92.3. The number of aryl methyl sites for hydroxylation is 4. The van der Waals surface area contributed by atoms with Gasteiger partial charge in [0.2, 0.25) is 15.9 Å². The molecule has 0 fully saturated rings. The summed E-state index contributed by atoms with van der Waals surface area (Å²) in [5, 5.41) is 18.8. The monoisotopic (exact) mass is 1570 g/mol. The number of methoxy groups -OCH3 is 1. The summed E-state index contributed by atoms with van der Waals surface area (Å²) in [6.07, 6.45) is 50.2. The third-order valence-corrected chi connectivity index (χ3v) is 26.4. The number of rotatable bonds is 54. The summed E-state index contributed by atoms with van der Waals surface area (Å²) >= 11 is 18.0. The zero-order chi connectivity index (χ0) is 76.5. The van der Waals surface area contributed by atoms with Gasteiger partial charge in [0.15, 0.2) is 61.7 Å². The maximum atomic E-state index is 12.9. The fourth-order valence-corrected chi connectivity index (χ4v) is 17.2. The van der Waals surface area contributed by atoms with Gasteiger partial charge in [-0.3, -0.25) is 4.79 Å². The Hall–Kier alpha value is -4.11. The maximum absolute atomic E-state index is 12.9. The first-order valence-corrected chi connectivity index (χ1v) is 45.4. The van der Waals surface area contributed by atoms with Gasteiger partial charge in [-0.15, -0.1) is 0 Å². The number of hydrogen-bond acceptors (Lipinski definition) is 20. The summed E-state index contributed by atoms with van der Waals surface area (Å²) in [6.45, 7) is 18.5. The molecule has 22 nitrogen and oxygen atoms in total. The summed E-state index contributed by atoms with van der Waals surface area (Å²) in [5.41, 5.74) is 2.20. The van der Waals surface area contributed by atoms with E-state index in [1.165, 1.54) is 193 Å². The van der Waals surface area contributed by atoms with Gasteiger partial charge in [-0.2, -0.15) is 15.0 Å². The molecule has 5 aromatic rings. The van der Waals surface area contributed by atoms with Crippen LogP contribution in [-0.2, 0) is 52.1 Å².